The van der Waals surface area contributed by atoms with Gasteiger partial charge in [-0.25, -0.2) is 4.39 Å². The van der Waals surface area contributed by atoms with Gasteiger partial charge in [0.25, 0.3) is 0 Å². The standard InChI is InChI=1S/C14H19FO/c1-10(16)11-7-6-8-12(9-11)14(5,15)13(2,3)4/h6-9H,1-5H3. The molecule has 0 saturated carbocycles. The van der Waals surface area contributed by atoms with Crippen LogP contribution in [0, 0.1) is 5.41 Å². The Balaban J connectivity index is 3.24. The lowest BCUT2D eigenvalue weighted by molar-refractivity contribution is 0.0451. The maximum Gasteiger partial charge on any atom is 0.159 e. The zero-order valence-electron chi connectivity index (χ0n) is 10.6. The second-order valence-electron chi connectivity index (χ2n) is 5.39. The average molecular weight is 222 g/mol. The highest BCUT2D eigenvalue weighted by Crippen LogP contribution is 2.42. The summed E-state index contributed by atoms with van der Waals surface area (Å²) in [5.41, 5.74) is -0.820. The molecule has 88 valence electrons. The van der Waals surface area contributed by atoms with Crippen LogP contribution in [0.5, 0.6) is 0 Å². The third kappa shape index (κ3) is 2.31. The number of hydrogen-bond acceptors (Lipinski definition) is 1. The molecule has 1 aromatic rings. The molecule has 0 radical (unpaired) electrons. The number of benzene rings is 1. The minimum atomic E-state index is -1.45. The van der Waals surface area contributed by atoms with Crippen molar-refractivity contribution in [3.63, 3.8) is 0 Å². The summed E-state index contributed by atoms with van der Waals surface area (Å²) in [5, 5.41) is 0. The molecule has 1 atom stereocenters. The molecule has 0 amide bonds. The van der Waals surface area contributed by atoms with E-state index in [1.54, 1.807) is 31.2 Å². The number of hydrogen-bond donors (Lipinski definition) is 0. The predicted molar refractivity (Wildman–Crippen MR) is 64.4 cm³/mol. The van der Waals surface area contributed by atoms with E-state index in [0.717, 1.165) is 0 Å². The molecule has 0 N–H and O–H groups in total. The van der Waals surface area contributed by atoms with Crippen LogP contribution in [-0.2, 0) is 5.67 Å². The maximum absolute atomic E-state index is 14.7. The summed E-state index contributed by atoms with van der Waals surface area (Å²) in [6.45, 7) is 8.62. The first-order chi connectivity index (χ1) is 7.16. The summed E-state index contributed by atoms with van der Waals surface area (Å²) in [4.78, 5) is 11.3. The molecule has 0 heterocycles. The first-order valence-corrected chi connectivity index (χ1v) is 5.46. The number of ketones is 1. The van der Waals surface area contributed by atoms with Crippen molar-refractivity contribution in [1.29, 1.82) is 0 Å². The SMILES string of the molecule is CC(=O)c1cccc(C(C)(F)C(C)(C)C)c1. The van der Waals surface area contributed by atoms with E-state index in [2.05, 4.69) is 0 Å². The van der Waals surface area contributed by atoms with Crippen LogP contribution in [0.25, 0.3) is 0 Å². The van der Waals surface area contributed by atoms with E-state index >= 15 is 0 Å². The zero-order valence-corrected chi connectivity index (χ0v) is 10.6. The summed E-state index contributed by atoms with van der Waals surface area (Å²) in [6, 6.07) is 6.82. The number of halogens is 1. The van der Waals surface area contributed by atoms with Crippen molar-refractivity contribution in [3.05, 3.63) is 35.4 Å². The third-order valence-electron chi connectivity index (χ3n) is 3.22. The van der Waals surface area contributed by atoms with Crippen LogP contribution in [-0.4, -0.2) is 5.78 Å². The molecule has 0 aromatic heterocycles. The number of carbonyl (C=O) groups excluding carboxylic acids is 1. The van der Waals surface area contributed by atoms with Crippen LogP contribution >= 0.6 is 0 Å². The normalized spacial score (nSPS) is 15.6. The van der Waals surface area contributed by atoms with E-state index in [1.165, 1.54) is 6.92 Å². The highest BCUT2D eigenvalue weighted by atomic mass is 19.1. The van der Waals surface area contributed by atoms with Crippen molar-refractivity contribution < 1.29 is 9.18 Å². The van der Waals surface area contributed by atoms with Gasteiger partial charge in [0.15, 0.2) is 5.78 Å². The fourth-order valence-corrected chi connectivity index (χ4v) is 1.46. The van der Waals surface area contributed by atoms with Gasteiger partial charge in [0, 0.05) is 5.56 Å². The van der Waals surface area contributed by atoms with Crippen LogP contribution in [0.15, 0.2) is 24.3 Å². The average Bonchev–Trinajstić information content (AvgIpc) is 2.16. The van der Waals surface area contributed by atoms with E-state index in [-0.39, 0.29) is 5.78 Å². The van der Waals surface area contributed by atoms with Crippen molar-refractivity contribution in [3.8, 4) is 0 Å². The molecule has 0 bridgehead atoms. The largest absolute Gasteiger partial charge is 0.295 e. The molecule has 2 heteroatoms. The summed E-state index contributed by atoms with van der Waals surface area (Å²) in [6.07, 6.45) is 0. The van der Waals surface area contributed by atoms with Crippen molar-refractivity contribution in [2.45, 2.75) is 40.3 Å². The molecule has 1 rings (SSSR count). The molecule has 0 aliphatic rings. The zero-order chi connectivity index (χ0) is 12.6. The Morgan fingerprint density at radius 1 is 1.19 bits per heavy atom. The highest BCUT2D eigenvalue weighted by molar-refractivity contribution is 5.94. The van der Waals surface area contributed by atoms with Crippen LogP contribution in [0.2, 0.25) is 0 Å². The van der Waals surface area contributed by atoms with Crippen molar-refractivity contribution in [2.24, 2.45) is 5.41 Å². The van der Waals surface area contributed by atoms with Gasteiger partial charge in [0.05, 0.1) is 0 Å². The minimum Gasteiger partial charge on any atom is -0.295 e. The topological polar surface area (TPSA) is 17.1 Å². The summed E-state index contributed by atoms with van der Waals surface area (Å²) < 4.78 is 14.7. The van der Waals surface area contributed by atoms with Gasteiger partial charge in [0.1, 0.15) is 5.67 Å². The molecule has 0 fully saturated rings. The van der Waals surface area contributed by atoms with Gasteiger partial charge in [-0.05, 0) is 30.9 Å². The summed E-state index contributed by atoms with van der Waals surface area (Å²) in [5.74, 6) is -0.0356. The molecule has 1 unspecified atom stereocenters. The number of carbonyl (C=O) groups is 1. The van der Waals surface area contributed by atoms with E-state index < -0.39 is 11.1 Å². The molecule has 0 spiro atoms. The van der Waals surface area contributed by atoms with Crippen molar-refractivity contribution in [1.82, 2.24) is 0 Å². The molecule has 0 aliphatic heterocycles. The van der Waals surface area contributed by atoms with E-state index in [0.29, 0.717) is 11.1 Å². The van der Waals surface area contributed by atoms with Crippen LogP contribution in [0.4, 0.5) is 4.39 Å². The van der Waals surface area contributed by atoms with Crippen molar-refractivity contribution in [2.75, 3.05) is 0 Å². The molecular formula is C14H19FO. The van der Waals surface area contributed by atoms with E-state index in [4.69, 9.17) is 0 Å². The van der Waals surface area contributed by atoms with Gasteiger partial charge in [-0.1, -0.05) is 39.0 Å². The number of alkyl halides is 1. The summed E-state index contributed by atoms with van der Waals surface area (Å²) >= 11 is 0. The lowest BCUT2D eigenvalue weighted by atomic mass is 9.74. The molecule has 1 nitrogen and oxygen atoms in total. The fraction of sp³-hybridized carbons (Fsp3) is 0.500. The second-order valence-corrected chi connectivity index (χ2v) is 5.39. The van der Waals surface area contributed by atoms with Gasteiger partial charge in [-0.15, -0.1) is 0 Å². The molecule has 0 aliphatic carbocycles. The van der Waals surface area contributed by atoms with Gasteiger partial charge in [-0.3, -0.25) is 4.79 Å². The van der Waals surface area contributed by atoms with E-state index in [1.807, 2.05) is 20.8 Å². The first kappa shape index (κ1) is 12.9. The van der Waals surface area contributed by atoms with E-state index in [9.17, 15) is 9.18 Å². The monoisotopic (exact) mass is 222 g/mol. The van der Waals surface area contributed by atoms with Crippen LogP contribution in [0.3, 0.4) is 0 Å². The predicted octanol–water partition coefficient (Wildman–Crippen LogP) is 4.12. The van der Waals surface area contributed by atoms with Gasteiger partial charge in [0.2, 0.25) is 0 Å². The number of rotatable bonds is 2. The second kappa shape index (κ2) is 4.00. The molecule has 1 aromatic carbocycles. The highest BCUT2D eigenvalue weighted by Gasteiger charge is 2.39. The minimum absolute atomic E-state index is 0.0356. The fourth-order valence-electron chi connectivity index (χ4n) is 1.46. The molecule has 0 saturated heterocycles. The Bertz CT molecular complexity index is 399. The Labute approximate surface area is 96.7 Å². The van der Waals surface area contributed by atoms with Crippen LogP contribution in [0.1, 0.15) is 50.5 Å². The Morgan fingerprint density at radius 3 is 2.19 bits per heavy atom. The summed E-state index contributed by atoms with van der Waals surface area (Å²) in [7, 11) is 0. The first-order valence-electron chi connectivity index (χ1n) is 5.46. The molecular weight excluding hydrogens is 203 g/mol. The van der Waals surface area contributed by atoms with Gasteiger partial charge >= 0.3 is 0 Å². The van der Waals surface area contributed by atoms with Gasteiger partial charge < -0.3 is 0 Å². The van der Waals surface area contributed by atoms with Crippen LogP contribution < -0.4 is 0 Å². The lowest BCUT2D eigenvalue weighted by Gasteiger charge is -2.35. The number of Topliss-reactive ketones (excluding diaryl/α,β-unsaturated/α-hetero) is 1. The van der Waals surface area contributed by atoms with Crippen molar-refractivity contribution >= 4 is 5.78 Å². The Hall–Kier alpha value is -1.18. The van der Waals surface area contributed by atoms with Gasteiger partial charge in [-0.2, -0.15) is 0 Å². The Kier molecular flexibility index (Phi) is 3.22. The lowest BCUT2D eigenvalue weighted by Crippen LogP contribution is -2.32. The smallest absolute Gasteiger partial charge is 0.159 e. The molecule has 16 heavy (non-hydrogen) atoms. The maximum atomic E-state index is 14.7. The Morgan fingerprint density at radius 2 is 1.75 bits per heavy atom. The quantitative estimate of drug-likeness (QED) is 0.688. The third-order valence-corrected chi connectivity index (χ3v) is 3.22.